The highest BCUT2D eigenvalue weighted by atomic mass is 16.2. The lowest BCUT2D eigenvalue weighted by molar-refractivity contribution is -0.126. The highest BCUT2D eigenvalue weighted by molar-refractivity contribution is 5.85. The van der Waals surface area contributed by atoms with E-state index in [1.54, 1.807) is 6.92 Å². The zero-order valence-electron chi connectivity index (χ0n) is 11.2. The van der Waals surface area contributed by atoms with Crippen molar-refractivity contribution in [3.8, 4) is 0 Å². The van der Waals surface area contributed by atoms with E-state index in [0.717, 1.165) is 31.0 Å². The van der Waals surface area contributed by atoms with Crippen LogP contribution in [0, 0.1) is 0 Å². The fraction of sp³-hybridized carbons (Fsp3) is 0.750. The molecule has 2 heterocycles. The molecule has 0 saturated carbocycles. The van der Waals surface area contributed by atoms with Crippen LogP contribution < -0.4 is 11.1 Å². The Morgan fingerprint density at radius 2 is 2.33 bits per heavy atom. The maximum Gasteiger partial charge on any atom is 0.240 e. The zero-order valence-corrected chi connectivity index (χ0v) is 11.2. The van der Waals surface area contributed by atoms with E-state index in [9.17, 15) is 4.79 Å². The standard InChI is InChI=1S/C12H21N5O/c1-4-12(3,13)11(18)14-8(2)10-16-15-9-6-5-7-17(9)10/h8H,4-7,13H2,1-3H3,(H,14,18). The Balaban J connectivity index is 2.08. The maximum atomic E-state index is 12.0. The van der Waals surface area contributed by atoms with Gasteiger partial charge in [-0.2, -0.15) is 0 Å². The van der Waals surface area contributed by atoms with Crippen molar-refractivity contribution >= 4 is 5.91 Å². The van der Waals surface area contributed by atoms with E-state index in [1.165, 1.54) is 0 Å². The van der Waals surface area contributed by atoms with Gasteiger partial charge in [-0.25, -0.2) is 0 Å². The molecule has 3 N–H and O–H groups in total. The third kappa shape index (κ3) is 2.25. The number of hydrogen-bond donors (Lipinski definition) is 2. The zero-order chi connectivity index (χ0) is 13.3. The van der Waals surface area contributed by atoms with Crippen molar-refractivity contribution in [1.82, 2.24) is 20.1 Å². The second-order valence-corrected chi connectivity index (χ2v) is 5.20. The molecular formula is C12H21N5O. The van der Waals surface area contributed by atoms with Gasteiger partial charge in [0.25, 0.3) is 0 Å². The minimum absolute atomic E-state index is 0.146. The lowest BCUT2D eigenvalue weighted by Crippen LogP contribution is -2.51. The summed E-state index contributed by atoms with van der Waals surface area (Å²) in [7, 11) is 0. The number of nitrogens with one attached hydrogen (secondary N) is 1. The molecule has 1 aromatic rings. The Bertz CT molecular complexity index is 451. The molecule has 0 spiro atoms. The number of carbonyl (C=O) groups excluding carboxylic acids is 1. The fourth-order valence-electron chi connectivity index (χ4n) is 2.08. The first-order valence-electron chi connectivity index (χ1n) is 6.47. The Hall–Kier alpha value is -1.43. The molecule has 100 valence electrons. The van der Waals surface area contributed by atoms with Gasteiger partial charge in [-0.15, -0.1) is 10.2 Å². The molecule has 2 unspecified atom stereocenters. The summed E-state index contributed by atoms with van der Waals surface area (Å²) in [4.78, 5) is 12.0. The van der Waals surface area contributed by atoms with Crippen LogP contribution in [0.1, 0.15) is 51.3 Å². The monoisotopic (exact) mass is 251 g/mol. The molecule has 0 aromatic carbocycles. The molecule has 0 bridgehead atoms. The van der Waals surface area contributed by atoms with Gasteiger partial charge < -0.3 is 15.6 Å². The fourth-order valence-corrected chi connectivity index (χ4v) is 2.08. The summed E-state index contributed by atoms with van der Waals surface area (Å²) in [5.74, 6) is 1.69. The normalized spacial score (nSPS) is 19.1. The molecule has 2 atom stereocenters. The molecular weight excluding hydrogens is 230 g/mol. The molecule has 0 aliphatic carbocycles. The van der Waals surface area contributed by atoms with Crippen molar-refractivity contribution in [1.29, 1.82) is 0 Å². The van der Waals surface area contributed by atoms with E-state index in [0.29, 0.717) is 6.42 Å². The van der Waals surface area contributed by atoms with Crippen molar-refractivity contribution in [2.75, 3.05) is 0 Å². The van der Waals surface area contributed by atoms with Gasteiger partial charge in [-0.05, 0) is 26.7 Å². The van der Waals surface area contributed by atoms with Gasteiger partial charge in [-0.3, -0.25) is 4.79 Å². The van der Waals surface area contributed by atoms with Gasteiger partial charge in [0.05, 0.1) is 11.6 Å². The minimum Gasteiger partial charge on any atom is -0.345 e. The third-order valence-electron chi connectivity index (χ3n) is 3.63. The van der Waals surface area contributed by atoms with Crippen molar-refractivity contribution in [2.24, 2.45) is 5.73 Å². The van der Waals surface area contributed by atoms with E-state index in [4.69, 9.17) is 5.73 Å². The number of fused-ring (bicyclic) bond motifs is 1. The summed E-state index contributed by atoms with van der Waals surface area (Å²) >= 11 is 0. The summed E-state index contributed by atoms with van der Waals surface area (Å²) in [5, 5.41) is 11.2. The molecule has 1 aliphatic heterocycles. The predicted molar refractivity (Wildman–Crippen MR) is 67.8 cm³/mol. The second kappa shape index (κ2) is 4.68. The van der Waals surface area contributed by atoms with Gasteiger partial charge in [0.2, 0.25) is 5.91 Å². The minimum atomic E-state index is -0.831. The second-order valence-electron chi connectivity index (χ2n) is 5.20. The summed E-state index contributed by atoms with van der Waals surface area (Å²) in [6.07, 6.45) is 2.67. The van der Waals surface area contributed by atoms with Crippen LogP contribution >= 0.6 is 0 Å². The average molecular weight is 251 g/mol. The van der Waals surface area contributed by atoms with Crippen LogP contribution in [0.3, 0.4) is 0 Å². The first-order chi connectivity index (χ1) is 8.45. The van der Waals surface area contributed by atoms with Crippen LogP contribution in [0.15, 0.2) is 0 Å². The number of nitrogens with zero attached hydrogens (tertiary/aromatic N) is 3. The number of carbonyl (C=O) groups is 1. The summed E-state index contributed by atoms with van der Waals surface area (Å²) in [5.41, 5.74) is 5.09. The van der Waals surface area contributed by atoms with Gasteiger partial charge in [-0.1, -0.05) is 6.92 Å². The van der Waals surface area contributed by atoms with Crippen molar-refractivity contribution < 1.29 is 4.79 Å². The number of aromatic nitrogens is 3. The highest BCUT2D eigenvalue weighted by Crippen LogP contribution is 2.19. The highest BCUT2D eigenvalue weighted by Gasteiger charge is 2.29. The molecule has 2 rings (SSSR count). The maximum absolute atomic E-state index is 12.0. The van der Waals surface area contributed by atoms with Crippen LogP contribution in [0.25, 0.3) is 0 Å². The number of aryl methyl sites for hydroxylation is 1. The Morgan fingerprint density at radius 3 is 3.00 bits per heavy atom. The molecule has 1 aliphatic rings. The Labute approximate surface area is 107 Å². The Kier molecular flexibility index (Phi) is 3.38. The van der Waals surface area contributed by atoms with E-state index >= 15 is 0 Å². The van der Waals surface area contributed by atoms with Crippen molar-refractivity contribution in [2.45, 2.75) is 58.2 Å². The van der Waals surface area contributed by atoms with Crippen LogP contribution in [-0.4, -0.2) is 26.2 Å². The smallest absolute Gasteiger partial charge is 0.240 e. The van der Waals surface area contributed by atoms with Crippen LogP contribution in [0.4, 0.5) is 0 Å². The molecule has 0 saturated heterocycles. The number of nitrogens with two attached hydrogens (primary N) is 1. The number of hydrogen-bond acceptors (Lipinski definition) is 4. The topological polar surface area (TPSA) is 85.8 Å². The van der Waals surface area contributed by atoms with E-state index in [-0.39, 0.29) is 11.9 Å². The molecule has 6 heteroatoms. The summed E-state index contributed by atoms with van der Waals surface area (Å²) in [6.45, 7) is 6.49. The summed E-state index contributed by atoms with van der Waals surface area (Å²) < 4.78 is 2.09. The third-order valence-corrected chi connectivity index (χ3v) is 3.63. The first kappa shape index (κ1) is 13.0. The van der Waals surface area contributed by atoms with E-state index in [2.05, 4.69) is 20.1 Å². The van der Waals surface area contributed by atoms with Crippen LogP contribution in [0.5, 0.6) is 0 Å². The van der Waals surface area contributed by atoms with Crippen molar-refractivity contribution in [3.63, 3.8) is 0 Å². The van der Waals surface area contributed by atoms with Crippen molar-refractivity contribution in [3.05, 3.63) is 11.6 Å². The molecule has 0 radical (unpaired) electrons. The number of rotatable bonds is 4. The predicted octanol–water partition coefficient (Wildman–Crippen LogP) is 0.529. The summed E-state index contributed by atoms with van der Waals surface area (Å²) in [6, 6.07) is -0.161. The van der Waals surface area contributed by atoms with E-state index < -0.39 is 5.54 Å². The van der Waals surface area contributed by atoms with Gasteiger partial charge in [0.15, 0.2) is 5.82 Å². The van der Waals surface area contributed by atoms with Gasteiger partial charge in [0, 0.05) is 13.0 Å². The molecule has 1 amide bonds. The molecule has 18 heavy (non-hydrogen) atoms. The van der Waals surface area contributed by atoms with E-state index in [1.807, 2.05) is 13.8 Å². The largest absolute Gasteiger partial charge is 0.345 e. The average Bonchev–Trinajstić information content (AvgIpc) is 2.89. The Morgan fingerprint density at radius 1 is 1.61 bits per heavy atom. The molecule has 6 nitrogen and oxygen atoms in total. The van der Waals surface area contributed by atoms with Gasteiger partial charge >= 0.3 is 0 Å². The quantitative estimate of drug-likeness (QED) is 0.817. The number of amides is 1. The van der Waals surface area contributed by atoms with Crippen LogP contribution in [-0.2, 0) is 17.8 Å². The molecule has 1 aromatic heterocycles. The van der Waals surface area contributed by atoms with Crippen LogP contribution in [0.2, 0.25) is 0 Å². The molecule has 0 fully saturated rings. The van der Waals surface area contributed by atoms with Gasteiger partial charge in [0.1, 0.15) is 5.82 Å². The SMILES string of the molecule is CCC(C)(N)C(=O)NC(C)c1nnc2n1CCC2. The first-order valence-corrected chi connectivity index (χ1v) is 6.47. The lowest BCUT2D eigenvalue weighted by Gasteiger charge is -2.24. The lowest BCUT2D eigenvalue weighted by atomic mass is 9.99.